The number of hydrogen-bond acceptors (Lipinski definition) is 5. The number of nitrogens with zero attached hydrogens (tertiary/aromatic N) is 3. The van der Waals surface area contributed by atoms with Crippen LogP contribution in [0.25, 0.3) is 0 Å². The molecule has 1 aliphatic heterocycles. The third kappa shape index (κ3) is 3.22. The molecular weight excluding hydrogens is 358 g/mol. The van der Waals surface area contributed by atoms with Crippen molar-refractivity contribution in [1.82, 2.24) is 15.4 Å². The van der Waals surface area contributed by atoms with Crippen molar-refractivity contribution in [2.75, 3.05) is 5.32 Å². The number of urea groups is 1. The maximum Gasteiger partial charge on any atom is 0.322 e. The summed E-state index contributed by atoms with van der Waals surface area (Å²) in [4.78, 5) is 27.5. The summed E-state index contributed by atoms with van der Waals surface area (Å²) in [6.07, 6.45) is 1.83. The summed E-state index contributed by atoms with van der Waals surface area (Å²) in [5, 5.41) is 18.7. The largest absolute Gasteiger partial charge is 0.360 e. The molecule has 1 aliphatic carbocycles. The van der Waals surface area contributed by atoms with Gasteiger partial charge in [-0.3, -0.25) is 9.69 Å². The molecule has 0 spiro atoms. The van der Waals surface area contributed by atoms with Crippen LogP contribution < -0.4 is 10.6 Å². The van der Waals surface area contributed by atoms with Crippen molar-refractivity contribution in [2.24, 2.45) is 0 Å². The molecule has 0 bridgehead atoms. The van der Waals surface area contributed by atoms with Crippen LogP contribution in [0.3, 0.4) is 0 Å². The molecule has 1 aromatic heterocycles. The third-order valence-electron chi connectivity index (χ3n) is 4.90. The molecule has 1 saturated carbocycles. The number of allylic oxidation sites excluding steroid dienone is 1. The Morgan fingerprint density at radius 3 is 2.79 bits per heavy atom. The van der Waals surface area contributed by atoms with Crippen LogP contribution in [0.5, 0.6) is 0 Å². The first-order valence-corrected chi connectivity index (χ1v) is 9.03. The Morgan fingerprint density at radius 2 is 2.14 bits per heavy atom. The van der Waals surface area contributed by atoms with E-state index in [-0.39, 0.29) is 18.0 Å². The second-order valence-electron chi connectivity index (χ2n) is 7.00. The lowest BCUT2D eigenvalue weighted by molar-refractivity contribution is -0.113. The van der Waals surface area contributed by atoms with Crippen LogP contribution in [0.1, 0.15) is 42.7 Å². The average molecular weight is 377 g/mol. The molecule has 1 fully saturated rings. The van der Waals surface area contributed by atoms with Gasteiger partial charge in [0, 0.05) is 17.8 Å². The van der Waals surface area contributed by atoms with Gasteiger partial charge in [-0.25, -0.2) is 4.79 Å². The summed E-state index contributed by atoms with van der Waals surface area (Å²) >= 11 is 0. The highest BCUT2D eigenvalue weighted by atomic mass is 16.5. The first-order chi connectivity index (χ1) is 13.5. The van der Waals surface area contributed by atoms with Gasteiger partial charge in [0.2, 0.25) is 0 Å². The van der Waals surface area contributed by atoms with Crippen molar-refractivity contribution < 1.29 is 14.1 Å². The lowest BCUT2D eigenvalue weighted by atomic mass is 9.93. The third-order valence-corrected chi connectivity index (χ3v) is 4.90. The lowest BCUT2D eigenvalue weighted by Gasteiger charge is -2.35. The van der Waals surface area contributed by atoms with Crippen LogP contribution in [0.2, 0.25) is 0 Å². The van der Waals surface area contributed by atoms with Gasteiger partial charge in [0.25, 0.3) is 5.91 Å². The topological polar surface area (TPSA) is 111 Å². The van der Waals surface area contributed by atoms with Crippen LogP contribution in [0.15, 0.2) is 46.1 Å². The minimum atomic E-state index is -0.663. The van der Waals surface area contributed by atoms with Crippen LogP contribution >= 0.6 is 0 Å². The monoisotopic (exact) mass is 377 g/mol. The van der Waals surface area contributed by atoms with Crippen molar-refractivity contribution >= 4 is 17.8 Å². The van der Waals surface area contributed by atoms with Gasteiger partial charge >= 0.3 is 6.03 Å². The van der Waals surface area contributed by atoms with E-state index in [1.165, 1.54) is 0 Å². The number of rotatable bonds is 4. The summed E-state index contributed by atoms with van der Waals surface area (Å²) in [6, 6.07) is 9.82. The van der Waals surface area contributed by atoms with Crippen molar-refractivity contribution in [3.63, 3.8) is 0 Å². The number of carbonyl (C=O) groups excluding carboxylic acids is 2. The fourth-order valence-corrected chi connectivity index (χ4v) is 3.47. The molecule has 0 saturated heterocycles. The fraction of sp³-hybridized carbons (Fsp3) is 0.300. The molecule has 3 amide bonds. The van der Waals surface area contributed by atoms with E-state index >= 15 is 0 Å². The van der Waals surface area contributed by atoms with Crippen LogP contribution in [0.4, 0.5) is 10.6 Å². The summed E-state index contributed by atoms with van der Waals surface area (Å²) in [6.45, 7) is 3.51. The normalized spacial score (nSPS) is 19.2. The quantitative estimate of drug-likeness (QED) is 0.851. The van der Waals surface area contributed by atoms with Crippen molar-refractivity contribution in [3.8, 4) is 6.07 Å². The van der Waals surface area contributed by atoms with Crippen molar-refractivity contribution in [2.45, 2.75) is 38.8 Å². The molecule has 2 aliphatic rings. The second-order valence-corrected chi connectivity index (χ2v) is 7.00. The Hall–Kier alpha value is -3.60. The maximum absolute atomic E-state index is 13.1. The molecule has 142 valence electrons. The zero-order chi connectivity index (χ0) is 19.8. The number of aryl methyl sites for hydroxylation is 1. The molecule has 2 aromatic rings. The fourth-order valence-electron chi connectivity index (χ4n) is 3.47. The second kappa shape index (κ2) is 6.85. The molecule has 0 radical (unpaired) electrons. The van der Waals surface area contributed by atoms with Gasteiger partial charge in [-0.05, 0) is 44.4 Å². The molecule has 0 unspecified atom stereocenters. The average Bonchev–Trinajstić information content (AvgIpc) is 3.42. The number of carbonyl (C=O) groups is 2. The van der Waals surface area contributed by atoms with E-state index in [9.17, 15) is 14.9 Å². The Bertz CT molecular complexity index is 1030. The molecule has 4 rings (SSSR count). The zero-order valence-electron chi connectivity index (χ0n) is 15.5. The predicted octanol–water partition coefficient (Wildman–Crippen LogP) is 3.00. The van der Waals surface area contributed by atoms with Crippen molar-refractivity contribution in [1.29, 1.82) is 5.26 Å². The predicted molar refractivity (Wildman–Crippen MR) is 99.9 cm³/mol. The Labute approximate surface area is 161 Å². The van der Waals surface area contributed by atoms with Gasteiger partial charge in [0.15, 0.2) is 5.82 Å². The highest BCUT2D eigenvalue weighted by Crippen LogP contribution is 2.38. The first-order valence-electron chi connectivity index (χ1n) is 9.03. The molecule has 8 nitrogen and oxygen atoms in total. The number of amides is 3. The zero-order valence-corrected chi connectivity index (χ0v) is 15.5. The maximum atomic E-state index is 13.1. The van der Waals surface area contributed by atoms with Gasteiger partial charge in [0.05, 0.1) is 23.2 Å². The molecule has 28 heavy (non-hydrogen) atoms. The van der Waals surface area contributed by atoms with Gasteiger partial charge in [-0.15, -0.1) is 0 Å². The number of anilines is 1. The Morgan fingerprint density at radius 1 is 1.36 bits per heavy atom. The number of hydrogen-bond donors (Lipinski definition) is 2. The number of nitriles is 1. The van der Waals surface area contributed by atoms with E-state index in [4.69, 9.17) is 4.52 Å². The summed E-state index contributed by atoms with van der Waals surface area (Å²) < 4.78 is 5.01. The van der Waals surface area contributed by atoms with E-state index < -0.39 is 6.04 Å². The summed E-state index contributed by atoms with van der Waals surface area (Å²) in [7, 11) is 0. The number of nitrogens with one attached hydrogen (secondary N) is 2. The molecule has 1 aromatic carbocycles. The number of benzene rings is 1. The van der Waals surface area contributed by atoms with E-state index in [0.717, 1.165) is 12.8 Å². The van der Waals surface area contributed by atoms with E-state index in [1.807, 2.05) is 0 Å². The van der Waals surface area contributed by atoms with Gasteiger partial charge in [-0.2, -0.15) is 5.26 Å². The number of aromatic nitrogens is 1. The minimum absolute atomic E-state index is 0.114. The summed E-state index contributed by atoms with van der Waals surface area (Å²) in [5.41, 5.74) is 2.16. The lowest BCUT2D eigenvalue weighted by Crippen LogP contribution is -2.49. The molecule has 2 N–H and O–H groups in total. The SMILES string of the molecule is CC1=C(C(=O)Nc2cc(C)on2)[C@H](c2cccc(C#N)c2)NC(=O)N1C1CC1. The Balaban J connectivity index is 1.75. The van der Waals surface area contributed by atoms with Gasteiger partial charge < -0.3 is 15.2 Å². The standard InChI is InChI=1S/C20H19N5O3/c1-11-8-16(24-28-11)22-19(26)17-12(2)25(15-6-7-15)20(27)23-18(17)14-5-3-4-13(9-14)10-21/h3-5,8-9,15,18H,6-7H2,1-2H3,(H,23,27)(H,22,24,26)/t18-/m0/s1. The molecule has 2 heterocycles. The van der Waals surface area contributed by atoms with E-state index in [0.29, 0.717) is 34.0 Å². The molecular formula is C20H19N5O3. The highest BCUT2D eigenvalue weighted by Gasteiger charge is 2.42. The molecule has 1 atom stereocenters. The smallest absolute Gasteiger partial charge is 0.322 e. The van der Waals surface area contributed by atoms with E-state index in [1.54, 1.807) is 49.1 Å². The van der Waals surface area contributed by atoms with Crippen LogP contribution in [0, 0.1) is 18.3 Å². The summed E-state index contributed by atoms with van der Waals surface area (Å²) in [5.74, 6) is 0.516. The van der Waals surface area contributed by atoms with Gasteiger partial charge in [0.1, 0.15) is 5.76 Å². The Kier molecular flexibility index (Phi) is 4.35. The van der Waals surface area contributed by atoms with E-state index in [2.05, 4.69) is 21.9 Å². The minimum Gasteiger partial charge on any atom is -0.360 e. The highest BCUT2D eigenvalue weighted by molar-refractivity contribution is 6.06. The molecule has 8 heteroatoms. The van der Waals surface area contributed by atoms with Crippen molar-refractivity contribution in [3.05, 3.63) is 58.5 Å². The first kappa shape index (κ1) is 17.8. The van der Waals surface area contributed by atoms with Crippen LogP contribution in [-0.4, -0.2) is 28.0 Å². The van der Waals surface area contributed by atoms with Gasteiger partial charge in [-0.1, -0.05) is 17.3 Å². The van der Waals surface area contributed by atoms with Crippen LogP contribution in [-0.2, 0) is 4.79 Å².